The second-order valence-electron chi connectivity index (χ2n) is 3.33. The predicted octanol–water partition coefficient (Wildman–Crippen LogP) is 0.790. The lowest BCUT2D eigenvalue weighted by Gasteiger charge is -2.24. The highest BCUT2D eigenvalue weighted by atomic mass is 16.5. The zero-order valence-corrected chi connectivity index (χ0v) is 8.01. The normalized spacial score (nSPS) is 22.5. The summed E-state index contributed by atoms with van der Waals surface area (Å²) in [6, 6.07) is 0. The van der Waals surface area contributed by atoms with Gasteiger partial charge < -0.3 is 14.8 Å². The Morgan fingerprint density at radius 2 is 2.08 bits per heavy atom. The van der Waals surface area contributed by atoms with E-state index in [9.17, 15) is 0 Å². The van der Waals surface area contributed by atoms with Gasteiger partial charge in [0.1, 0.15) is 0 Å². The SMILES string of the molecule is COC(C)COC1CCNCC1. The fraction of sp³-hybridized carbons (Fsp3) is 1.00. The molecule has 12 heavy (non-hydrogen) atoms. The van der Waals surface area contributed by atoms with Crippen molar-refractivity contribution >= 4 is 0 Å². The van der Waals surface area contributed by atoms with E-state index in [4.69, 9.17) is 9.47 Å². The quantitative estimate of drug-likeness (QED) is 0.682. The average molecular weight is 173 g/mol. The van der Waals surface area contributed by atoms with Crippen molar-refractivity contribution in [3.8, 4) is 0 Å². The minimum absolute atomic E-state index is 0.222. The maximum atomic E-state index is 5.67. The first-order chi connectivity index (χ1) is 5.83. The van der Waals surface area contributed by atoms with Gasteiger partial charge in [0, 0.05) is 7.11 Å². The number of ether oxygens (including phenoxy) is 2. The lowest BCUT2D eigenvalue weighted by Crippen LogP contribution is -2.33. The topological polar surface area (TPSA) is 30.5 Å². The van der Waals surface area contributed by atoms with Crippen LogP contribution in [0.2, 0.25) is 0 Å². The van der Waals surface area contributed by atoms with Crippen molar-refractivity contribution in [2.75, 3.05) is 26.8 Å². The summed E-state index contributed by atoms with van der Waals surface area (Å²) in [6.07, 6.45) is 2.94. The summed E-state index contributed by atoms with van der Waals surface area (Å²) in [4.78, 5) is 0. The van der Waals surface area contributed by atoms with Crippen molar-refractivity contribution < 1.29 is 9.47 Å². The van der Waals surface area contributed by atoms with E-state index in [0.717, 1.165) is 32.5 Å². The van der Waals surface area contributed by atoms with Crippen LogP contribution in [0, 0.1) is 0 Å². The first kappa shape index (κ1) is 9.96. The van der Waals surface area contributed by atoms with E-state index in [1.807, 2.05) is 6.92 Å². The van der Waals surface area contributed by atoms with Crippen LogP contribution in [0.25, 0.3) is 0 Å². The van der Waals surface area contributed by atoms with E-state index >= 15 is 0 Å². The Morgan fingerprint density at radius 1 is 1.42 bits per heavy atom. The second-order valence-corrected chi connectivity index (χ2v) is 3.33. The van der Waals surface area contributed by atoms with Gasteiger partial charge in [-0.3, -0.25) is 0 Å². The fourth-order valence-electron chi connectivity index (χ4n) is 1.30. The van der Waals surface area contributed by atoms with Crippen LogP contribution < -0.4 is 5.32 Å². The molecule has 0 aliphatic carbocycles. The molecule has 0 bridgehead atoms. The first-order valence-corrected chi connectivity index (χ1v) is 4.68. The lowest BCUT2D eigenvalue weighted by molar-refractivity contribution is -0.0296. The molecule has 1 aliphatic heterocycles. The van der Waals surface area contributed by atoms with E-state index in [1.165, 1.54) is 0 Å². The van der Waals surface area contributed by atoms with E-state index in [1.54, 1.807) is 7.11 Å². The average Bonchev–Trinajstić information content (AvgIpc) is 2.16. The van der Waals surface area contributed by atoms with Gasteiger partial charge in [-0.15, -0.1) is 0 Å². The molecule has 3 nitrogen and oxygen atoms in total. The van der Waals surface area contributed by atoms with Crippen LogP contribution in [0.15, 0.2) is 0 Å². The van der Waals surface area contributed by atoms with Gasteiger partial charge in [-0.2, -0.15) is 0 Å². The number of rotatable bonds is 4. The minimum Gasteiger partial charge on any atom is -0.379 e. The molecule has 0 radical (unpaired) electrons. The Balaban J connectivity index is 2.05. The molecule has 1 atom stereocenters. The molecular formula is C9H19NO2. The number of nitrogens with one attached hydrogen (secondary N) is 1. The number of hydrogen-bond donors (Lipinski definition) is 1. The molecule has 0 aromatic rings. The second kappa shape index (κ2) is 5.51. The summed E-state index contributed by atoms with van der Waals surface area (Å²) in [5, 5.41) is 3.31. The van der Waals surface area contributed by atoms with Crippen LogP contribution in [0.4, 0.5) is 0 Å². The monoisotopic (exact) mass is 173 g/mol. The molecule has 1 aliphatic rings. The molecule has 1 heterocycles. The van der Waals surface area contributed by atoms with Gasteiger partial charge in [-0.05, 0) is 32.9 Å². The lowest BCUT2D eigenvalue weighted by atomic mass is 10.1. The molecule has 0 aromatic carbocycles. The van der Waals surface area contributed by atoms with Gasteiger partial charge in [-0.25, -0.2) is 0 Å². The van der Waals surface area contributed by atoms with Crippen LogP contribution in [0.1, 0.15) is 19.8 Å². The van der Waals surface area contributed by atoms with Crippen molar-refractivity contribution in [2.24, 2.45) is 0 Å². The summed E-state index contributed by atoms with van der Waals surface area (Å²) < 4.78 is 10.8. The zero-order valence-electron chi connectivity index (χ0n) is 8.01. The van der Waals surface area contributed by atoms with Crippen molar-refractivity contribution in [3.63, 3.8) is 0 Å². The van der Waals surface area contributed by atoms with Crippen molar-refractivity contribution in [3.05, 3.63) is 0 Å². The van der Waals surface area contributed by atoms with E-state index < -0.39 is 0 Å². The Morgan fingerprint density at radius 3 is 2.67 bits per heavy atom. The Hall–Kier alpha value is -0.120. The molecular weight excluding hydrogens is 154 g/mol. The van der Waals surface area contributed by atoms with Crippen molar-refractivity contribution in [1.82, 2.24) is 5.32 Å². The molecule has 1 unspecified atom stereocenters. The molecule has 0 aromatic heterocycles. The highest BCUT2D eigenvalue weighted by Crippen LogP contribution is 2.07. The van der Waals surface area contributed by atoms with Gasteiger partial charge in [0.05, 0.1) is 18.8 Å². The maximum Gasteiger partial charge on any atom is 0.0776 e. The highest BCUT2D eigenvalue weighted by Gasteiger charge is 2.13. The molecule has 1 rings (SSSR count). The zero-order chi connectivity index (χ0) is 8.81. The summed E-state index contributed by atoms with van der Waals surface area (Å²) in [7, 11) is 1.72. The molecule has 0 spiro atoms. The summed E-state index contributed by atoms with van der Waals surface area (Å²) in [6.45, 7) is 4.93. The number of hydrogen-bond acceptors (Lipinski definition) is 3. The Labute approximate surface area is 74.4 Å². The highest BCUT2D eigenvalue weighted by molar-refractivity contribution is 4.68. The van der Waals surface area contributed by atoms with Crippen molar-refractivity contribution in [2.45, 2.75) is 32.0 Å². The Bertz CT molecular complexity index is 113. The smallest absolute Gasteiger partial charge is 0.0776 e. The maximum absolute atomic E-state index is 5.67. The third-order valence-electron chi connectivity index (χ3n) is 2.26. The molecule has 1 saturated heterocycles. The van der Waals surface area contributed by atoms with E-state index in [0.29, 0.717) is 6.10 Å². The number of methoxy groups -OCH3 is 1. The van der Waals surface area contributed by atoms with Gasteiger partial charge in [0.15, 0.2) is 0 Å². The third kappa shape index (κ3) is 3.52. The van der Waals surface area contributed by atoms with Crippen LogP contribution in [-0.2, 0) is 9.47 Å². The number of piperidine rings is 1. The van der Waals surface area contributed by atoms with Crippen LogP contribution >= 0.6 is 0 Å². The van der Waals surface area contributed by atoms with E-state index in [-0.39, 0.29) is 6.10 Å². The predicted molar refractivity (Wildman–Crippen MR) is 48.3 cm³/mol. The first-order valence-electron chi connectivity index (χ1n) is 4.68. The Kier molecular flexibility index (Phi) is 4.58. The van der Waals surface area contributed by atoms with Gasteiger partial charge in [-0.1, -0.05) is 0 Å². The molecule has 0 amide bonds. The summed E-state index contributed by atoms with van der Waals surface area (Å²) in [5.74, 6) is 0. The van der Waals surface area contributed by atoms with Gasteiger partial charge in [0.25, 0.3) is 0 Å². The van der Waals surface area contributed by atoms with Crippen LogP contribution in [-0.4, -0.2) is 39.0 Å². The van der Waals surface area contributed by atoms with Gasteiger partial charge >= 0.3 is 0 Å². The minimum atomic E-state index is 0.222. The van der Waals surface area contributed by atoms with Crippen LogP contribution in [0.5, 0.6) is 0 Å². The standard InChI is InChI=1S/C9H19NO2/c1-8(11-2)7-12-9-3-5-10-6-4-9/h8-10H,3-7H2,1-2H3. The molecule has 1 fully saturated rings. The molecule has 3 heteroatoms. The van der Waals surface area contributed by atoms with E-state index in [2.05, 4.69) is 5.32 Å². The summed E-state index contributed by atoms with van der Waals surface area (Å²) >= 11 is 0. The van der Waals surface area contributed by atoms with Crippen LogP contribution in [0.3, 0.4) is 0 Å². The molecule has 0 saturated carbocycles. The molecule has 1 N–H and O–H groups in total. The summed E-state index contributed by atoms with van der Waals surface area (Å²) in [5.41, 5.74) is 0. The fourth-order valence-corrected chi connectivity index (χ4v) is 1.30. The molecule has 72 valence electrons. The van der Waals surface area contributed by atoms with Gasteiger partial charge in [0.2, 0.25) is 0 Å². The largest absolute Gasteiger partial charge is 0.379 e. The third-order valence-corrected chi connectivity index (χ3v) is 2.26. The van der Waals surface area contributed by atoms with Crippen molar-refractivity contribution in [1.29, 1.82) is 0 Å².